The quantitative estimate of drug-likeness (QED) is 0.737. The molecule has 136 valence electrons. The van der Waals surface area contributed by atoms with Crippen molar-refractivity contribution in [2.75, 3.05) is 6.54 Å². The van der Waals surface area contributed by atoms with Gasteiger partial charge in [-0.2, -0.15) is 0 Å². The second kappa shape index (κ2) is 8.05. The predicted octanol–water partition coefficient (Wildman–Crippen LogP) is 4.52. The largest absolute Gasteiger partial charge is 0.506 e. The van der Waals surface area contributed by atoms with Crippen molar-refractivity contribution in [3.05, 3.63) is 35.0 Å². The van der Waals surface area contributed by atoms with Crippen molar-refractivity contribution in [3.63, 3.8) is 0 Å². The molecule has 1 aliphatic heterocycles. The second-order valence-electron chi connectivity index (χ2n) is 7.29. The summed E-state index contributed by atoms with van der Waals surface area (Å²) in [4.78, 5) is 4.83. The minimum Gasteiger partial charge on any atom is -0.506 e. The number of nitrogens with one attached hydrogen (secondary N) is 1. The molecule has 1 aliphatic carbocycles. The average molecular weight is 341 g/mol. The van der Waals surface area contributed by atoms with E-state index in [-0.39, 0.29) is 11.8 Å². The van der Waals surface area contributed by atoms with Gasteiger partial charge in [-0.3, -0.25) is 0 Å². The van der Waals surface area contributed by atoms with Crippen molar-refractivity contribution in [1.82, 2.24) is 5.32 Å². The number of piperidine rings is 1. The summed E-state index contributed by atoms with van der Waals surface area (Å²) in [6, 6.07) is 6.25. The van der Waals surface area contributed by atoms with E-state index in [4.69, 9.17) is 10.7 Å². The zero-order valence-corrected chi connectivity index (χ0v) is 15.5. The van der Waals surface area contributed by atoms with Gasteiger partial charge < -0.3 is 16.2 Å². The van der Waals surface area contributed by atoms with Crippen LogP contribution in [-0.2, 0) is 0 Å². The Morgan fingerprint density at radius 2 is 2.12 bits per heavy atom. The number of benzene rings is 1. The molecule has 4 N–H and O–H groups in total. The van der Waals surface area contributed by atoms with Gasteiger partial charge in [0, 0.05) is 36.0 Å². The summed E-state index contributed by atoms with van der Waals surface area (Å²) in [6.45, 7) is 5.22. The van der Waals surface area contributed by atoms with Crippen LogP contribution >= 0.6 is 0 Å². The molecule has 0 amide bonds. The lowest BCUT2D eigenvalue weighted by Crippen LogP contribution is -2.41. The summed E-state index contributed by atoms with van der Waals surface area (Å²) in [5.41, 5.74) is 11.4. The molecule has 1 aromatic rings. The molecule has 2 fully saturated rings. The number of phenols is 1. The van der Waals surface area contributed by atoms with Crippen molar-refractivity contribution in [1.29, 1.82) is 0 Å². The molecule has 2 aliphatic rings. The Balaban J connectivity index is 1.93. The maximum atomic E-state index is 10.5. The van der Waals surface area contributed by atoms with Crippen LogP contribution in [0.15, 0.2) is 34.5 Å². The van der Waals surface area contributed by atoms with Crippen LogP contribution in [0.5, 0.6) is 5.75 Å². The third-order valence-corrected chi connectivity index (χ3v) is 5.52. The van der Waals surface area contributed by atoms with Crippen LogP contribution in [0.4, 0.5) is 5.69 Å². The highest BCUT2D eigenvalue weighted by molar-refractivity contribution is 6.04. The summed E-state index contributed by atoms with van der Waals surface area (Å²) in [5.74, 6) is 0.906. The number of allylic oxidation sites excluding steroid dienone is 1. The van der Waals surface area contributed by atoms with Crippen LogP contribution in [0.1, 0.15) is 70.3 Å². The molecule has 1 atom stereocenters. The Hall–Kier alpha value is -1.81. The normalized spacial score (nSPS) is 25.0. The zero-order valence-electron chi connectivity index (χ0n) is 15.5. The molecule has 25 heavy (non-hydrogen) atoms. The maximum absolute atomic E-state index is 10.5. The first-order valence-electron chi connectivity index (χ1n) is 9.76. The van der Waals surface area contributed by atoms with Gasteiger partial charge in [0.05, 0.1) is 0 Å². The van der Waals surface area contributed by atoms with Crippen LogP contribution in [-0.4, -0.2) is 23.4 Å². The molecule has 1 saturated heterocycles. The number of nitrogens with two attached hydrogens (primary N) is 1. The van der Waals surface area contributed by atoms with E-state index < -0.39 is 0 Å². The first-order valence-corrected chi connectivity index (χ1v) is 9.76. The number of aromatic hydroxyl groups is 1. The molecular formula is C21H31N3O. The zero-order chi connectivity index (χ0) is 17.8. The van der Waals surface area contributed by atoms with Crippen LogP contribution in [0.25, 0.3) is 0 Å². The van der Waals surface area contributed by atoms with E-state index in [1.165, 1.54) is 24.8 Å². The first kappa shape index (κ1) is 18.0. The molecule has 0 aromatic heterocycles. The van der Waals surface area contributed by atoms with E-state index in [9.17, 15) is 5.11 Å². The van der Waals surface area contributed by atoms with Crippen molar-refractivity contribution in [2.24, 2.45) is 10.7 Å². The van der Waals surface area contributed by atoms with Gasteiger partial charge in [-0.25, -0.2) is 4.99 Å². The molecule has 0 spiro atoms. The maximum Gasteiger partial charge on any atom is 0.141 e. The lowest BCUT2D eigenvalue weighted by atomic mass is 9.80. The lowest BCUT2D eigenvalue weighted by molar-refractivity contribution is 0.416. The topological polar surface area (TPSA) is 70.6 Å². The summed E-state index contributed by atoms with van der Waals surface area (Å²) >= 11 is 0. The molecule has 1 aromatic carbocycles. The molecule has 0 bridgehead atoms. The third-order valence-electron chi connectivity index (χ3n) is 5.52. The van der Waals surface area contributed by atoms with Crippen LogP contribution in [0.2, 0.25) is 0 Å². The summed E-state index contributed by atoms with van der Waals surface area (Å²) in [5, 5.41) is 14.0. The minimum absolute atomic E-state index is 0.260. The van der Waals surface area contributed by atoms with Gasteiger partial charge in [-0.05, 0) is 49.3 Å². The van der Waals surface area contributed by atoms with E-state index in [0.717, 1.165) is 49.2 Å². The predicted molar refractivity (Wildman–Crippen MR) is 105 cm³/mol. The van der Waals surface area contributed by atoms with E-state index in [1.54, 1.807) is 0 Å². The van der Waals surface area contributed by atoms with Gasteiger partial charge in [0.25, 0.3) is 0 Å². The van der Waals surface area contributed by atoms with Gasteiger partial charge in [-0.1, -0.05) is 32.8 Å². The molecular weight excluding hydrogens is 310 g/mol. The van der Waals surface area contributed by atoms with Gasteiger partial charge in [0.1, 0.15) is 11.4 Å². The van der Waals surface area contributed by atoms with Crippen molar-refractivity contribution in [2.45, 2.75) is 70.8 Å². The Morgan fingerprint density at radius 3 is 2.72 bits per heavy atom. The summed E-state index contributed by atoms with van der Waals surface area (Å²) in [6.07, 6.45) is 7.52. The van der Waals surface area contributed by atoms with E-state index in [1.807, 2.05) is 12.1 Å². The van der Waals surface area contributed by atoms with Crippen LogP contribution < -0.4 is 11.1 Å². The monoisotopic (exact) mass is 341 g/mol. The average Bonchev–Trinajstić information content (AvgIpc) is 2.55. The molecule has 4 heteroatoms. The molecule has 1 unspecified atom stereocenters. The molecule has 1 heterocycles. The molecule has 0 radical (unpaired) electrons. The second-order valence-corrected chi connectivity index (χ2v) is 7.29. The van der Waals surface area contributed by atoms with Crippen molar-refractivity contribution >= 4 is 11.4 Å². The molecule has 3 rings (SSSR count). The number of nitrogens with zero attached hydrogens (tertiary/aromatic N) is 1. The van der Waals surface area contributed by atoms with Gasteiger partial charge in [0.2, 0.25) is 0 Å². The van der Waals surface area contributed by atoms with Gasteiger partial charge >= 0.3 is 0 Å². The number of aliphatic imine (C=N–C) groups is 1. The smallest absolute Gasteiger partial charge is 0.141 e. The number of hydrogen-bond acceptors (Lipinski definition) is 4. The SMILES string of the molecule is CCC/C(N)=C1/C(=Nc2ccc(C3CCC3)cc2O)CCNC1CC. The van der Waals surface area contributed by atoms with Crippen molar-refractivity contribution in [3.8, 4) is 5.75 Å². The first-order chi connectivity index (χ1) is 12.1. The van der Waals surface area contributed by atoms with Gasteiger partial charge in [-0.15, -0.1) is 0 Å². The fourth-order valence-corrected chi connectivity index (χ4v) is 3.86. The summed E-state index contributed by atoms with van der Waals surface area (Å²) < 4.78 is 0. The van der Waals surface area contributed by atoms with Crippen molar-refractivity contribution < 1.29 is 5.11 Å². The molecule has 4 nitrogen and oxygen atoms in total. The number of rotatable bonds is 5. The molecule has 1 saturated carbocycles. The highest BCUT2D eigenvalue weighted by Crippen LogP contribution is 2.40. The number of phenolic OH excluding ortho intramolecular Hbond substituents is 1. The lowest BCUT2D eigenvalue weighted by Gasteiger charge is -2.29. The number of hydrogen-bond donors (Lipinski definition) is 3. The Morgan fingerprint density at radius 1 is 1.32 bits per heavy atom. The Kier molecular flexibility index (Phi) is 5.79. The summed E-state index contributed by atoms with van der Waals surface area (Å²) in [7, 11) is 0. The standard InChI is InChI=1S/C21H31N3O/c1-3-6-16(22)21-17(4-2)23-12-11-19(21)24-18-10-9-15(13-20(18)25)14-7-5-8-14/h9-10,13-14,17,23,25H,3-8,11-12,22H2,1-2H3/b21-16-,24-19?. The van der Waals surface area contributed by atoms with Gasteiger partial charge in [0.15, 0.2) is 0 Å². The third kappa shape index (κ3) is 3.90. The fourth-order valence-electron chi connectivity index (χ4n) is 3.86. The minimum atomic E-state index is 0.260. The van der Waals surface area contributed by atoms with E-state index in [0.29, 0.717) is 11.6 Å². The highest BCUT2D eigenvalue weighted by Gasteiger charge is 2.25. The van der Waals surface area contributed by atoms with Crippen LogP contribution in [0, 0.1) is 0 Å². The van der Waals surface area contributed by atoms with Crippen LogP contribution in [0.3, 0.4) is 0 Å². The Labute approximate surface area is 151 Å². The highest BCUT2D eigenvalue weighted by atomic mass is 16.3. The van der Waals surface area contributed by atoms with E-state index in [2.05, 4.69) is 25.2 Å². The van der Waals surface area contributed by atoms with E-state index >= 15 is 0 Å². The Bertz CT molecular complexity index is 674. The fraction of sp³-hybridized carbons (Fsp3) is 0.571.